The fourth-order valence-electron chi connectivity index (χ4n) is 0.973. The van der Waals surface area contributed by atoms with E-state index in [0.29, 0.717) is 12.4 Å². The van der Waals surface area contributed by atoms with Gasteiger partial charge in [-0.3, -0.25) is 10.1 Å². The van der Waals surface area contributed by atoms with Gasteiger partial charge in [-0.25, -0.2) is 0 Å². The number of nitro benzene ring substituents is 1. The third-order valence-corrected chi connectivity index (χ3v) is 1.54. The molecule has 0 atom stereocenters. The minimum absolute atomic E-state index is 0.0781. The van der Waals surface area contributed by atoms with Crippen LogP contribution >= 0.6 is 0 Å². The van der Waals surface area contributed by atoms with Gasteiger partial charge in [-0.1, -0.05) is 6.07 Å². The van der Waals surface area contributed by atoms with Gasteiger partial charge in [-0.05, 0) is 13.0 Å². The van der Waals surface area contributed by atoms with Crippen LogP contribution in [0, 0.1) is 10.1 Å². The summed E-state index contributed by atoms with van der Waals surface area (Å²) >= 11 is 0. The number of anilines is 1. The van der Waals surface area contributed by atoms with Gasteiger partial charge in [0.1, 0.15) is 5.75 Å². The molecule has 0 bridgehead atoms. The second kappa shape index (κ2) is 3.75. The van der Waals surface area contributed by atoms with Crippen molar-refractivity contribution in [3.63, 3.8) is 0 Å². The monoisotopic (exact) mass is 182 g/mol. The van der Waals surface area contributed by atoms with Crippen molar-refractivity contribution in [3.8, 4) is 5.75 Å². The molecule has 0 spiro atoms. The molecule has 0 aromatic heterocycles. The van der Waals surface area contributed by atoms with Crippen LogP contribution in [0.1, 0.15) is 6.92 Å². The van der Waals surface area contributed by atoms with E-state index in [4.69, 9.17) is 10.5 Å². The molecule has 2 N–H and O–H groups in total. The molecule has 70 valence electrons. The second-order valence-corrected chi connectivity index (χ2v) is 2.38. The highest BCUT2D eigenvalue weighted by Gasteiger charge is 2.14. The summed E-state index contributed by atoms with van der Waals surface area (Å²) in [5, 5.41) is 10.4. The minimum atomic E-state index is -0.530. The van der Waals surface area contributed by atoms with Gasteiger partial charge in [0.05, 0.1) is 11.5 Å². The average molecular weight is 182 g/mol. The van der Waals surface area contributed by atoms with Crippen LogP contribution in [-0.4, -0.2) is 11.5 Å². The van der Waals surface area contributed by atoms with Crippen molar-refractivity contribution in [2.75, 3.05) is 12.3 Å². The first kappa shape index (κ1) is 9.31. The smallest absolute Gasteiger partial charge is 0.295 e. The molecule has 0 aliphatic rings. The van der Waals surface area contributed by atoms with Crippen molar-refractivity contribution in [1.29, 1.82) is 0 Å². The Morgan fingerprint density at radius 1 is 1.62 bits per heavy atom. The van der Waals surface area contributed by atoms with E-state index in [1.807, 2.05) is 0 Å². The summed E-state index contributed by atoms with van der Waals surface area (Å²) in [5.74, 6) is 0.358. The van der Waals surface area contributed by atoms with Crippen molar-refractivity contribution < 1.29 is 9.66 Å². The van der Waals surface area contributed by atoms with Crippen molar-refractivity contribution in [3.05, 3.63) is 28.3 Å². The lowest BCUT2D eigenvalue weighted by Crippen LogP contribution is -2.00. The van der Waals surface area contributed by atoms with E-state index < -0.39 is 4.92 Å². The Morgan fingerprint density at radius 3 is 2.85 bits per heavy atom. The van der Waals surface area contributed by atoms with Crippen molar-refractivity contribution >= 4 is 11.4 Å². The van der Waals surface area contributed by atoms with Crippen LogP contribution in [0.2, 0.25) is 0 Å². The van der Waals surface area contributed by atoms with Crippen LogP contribution in [0.4, 0.5) is 11.4 Å². The topological polar surface area (TPSA) is 78.4 Å². The van der Waals surface area contributed by atoms with E-state index in [9.17, 15) is 10.1 Å². The zero-order valence-corrected chi connectivity index (χ0v) is 7.19. The highest BCUT2D eigenvalue weighted by Crippen LogP contribution is 2.30. The molecule has 0 fully saturated rings. The Bertz CT molecular complexity index is 325. The quantitative estimate of drug-likeness (QED) is 0.437. The lowest BCUT2D eigenvalue weighted by atomic mass is 10.2. The first-order valence-corrected chi connectivity index (χ1v) is 3.82. The maximum Gasteiger partial charge on any atom is 0.295 e. The molecule has 1 rings (SSSR count). The maximum absolute atomic E-state index is 10.4. The Hall–Kier alpha value is -1.78. The molecule has 0 radical (unpaired) electrons. The van der Waals surface area contributed by atoms with Gasteiger partial charge in [0.25, 0.3) is 5.69 Å². The summed E-state index contributed by atoms with van der Waals surface area (Å²) in [6.07, 6.45) is 0. The molecule has 0 amide bonds. The van der Waals surface area contributed by atoms with Gasteiger partial charge in [-0.2, -0.15) is 0 Å². The molecule has 5 heteroatoms. The first-order valence-electron chi connectivity index (χ1n) is 3.82. The molecule has 0 aliphatic heterocycles. The number of para-hydroxylation sites is 1. The van der Waals surface area contributed by atoms with Crippen LogP contribution in [0.15, 0.2) is 18.2 Å². The van der Waals surface area contributed by atoms with E-state index in [1.54, 1.807) is 19.1 Å². The Kier molecular flexibility index (Phi) is 2.69. The molecule has 5 nitrogen and oxygen atoms in total. The Morgan fingerprint density at radius 2 is 2.31 bits per heavy atom. The summed E-state index contributed by atoms with van der Waals surface area (Å²) < 4.78 is 5.10. The summed E-state index contributed by atoms with van der Waals surface area (Å²) in [4.78, 5) is 9.92. The predicted molar refractivity (Wildman–Crippen MR) is 48.7 cm³/mol. The molecule has 0 aliphatic carbocycles. The van der Waals surface area contributed by atoms with E-state index in [0.717, 1.165) is 0 Å². The lowest BCUT2D eigenvalue weighted by Gasteiger charge is -2.05. The number of benzene rings is 1. The van der Waals surface area contributed by atoms with Gasteiger partial charge >= 0.3 is 0 Å². The highest BCUT2D eigenvalue weighted by atomic mass is 16.6. The van der Waals surface area contributed by atoms with Crippen molar-refractivity contribution in [2.24, 2.45) is 0 Å². The minimum Gasteiger partial charge on any atom is -0.491 e. The third-order valence-electron chi connectivity index (χ3n) is 1.54. The van der Waals surface area contributed by atoms with Gasteiger partial charge in [-0.15, -0.1) is 0 Å². The van der Waals surface area contributed by atoms with Crippen molar-refractivity contribution in [2.45, 2.75) is 6.92 Å². The normalized spacial score (nSPS) is 9.62. The van der Waals surface area contributed by atoms with E-state index in [2.05, 4.69) is 0 Å². The Balaban J connectivity index is 3.10. The zero-order chi connectivity index (χ0) is 9.84. The van der Waals surface area contributed by atoms with Crippen LogP contribution in [0.5, 0.6) is 5.75 Å². The average Bonchev–Trinajstić information content (AvgIpc) is 2.08. The largest absolute Gasteiger partial charge is 0.491 e. The van der Waals surface area contributed by atoms with Crippen LogP contribution < -0.4 is 10.5 Å². The summed E-state index contributed by atoms with van der Waals surface area (Å²) in [5.41, 5.74) is 5.46. The summed E-state index contributed by atoms with van der Waals surface area (Å²) in [6.45, 7) is 2.23. The molecule has 1 aromatic rings. The van der Waals surface area contributed by atoms with Gasteiger partial charge in [0.15, 0.2) is 5.69 Å². The molecule has 0 saturated carbocycles. The van der Waals surface area contributed by atoms with Gasteiger partial charge in [0, 0.05) is 6.07 Å². The molecule has 0 unspecified atom stereocenters. The van der Waals surface area contributed by atoms with Crippen LogP contribution in [0.3, 0.4) is 0 Å². The lowest BCUT2D eigenvalue weighted by molar-refractivity contribution is -0.384. The van der Waals surface area contributed by atoms with Gasteiger partial charge < -0.3 is 10.5 Å². The number of nitro groups is 1. The van der Waals surface area contributed by atoms with E-state index >= 15 is 0 Å². The second-order valence-electron chi connectivity index (χ2n) is 2.38. The van der Waals surface area contributed by atoms with Crippen molar-refractivity contribution in [1.82, 2.24) is 0 Å². The number of rotatable bonds is 3. The van der Waals surface area contributed by atoms with E-state index in [1.165, 1.54) is 6.07 Å². The molecule has 13 heavy (non-hydrogen) atoms. The fourth-order valence-corrected chi connectivity index (χ4v) is 0.973. The molecule has 1 aromatic carbocycles. The summed E-state index contributed by atoms with van der Waals surface area (Å²) in [6, 6.07) is 4.49. The highest BCUT2D eigenvalue weighted by molar-refractivity contribution is 5.66. The summed E-state index contributed by atoms with van der Waals surface area (Å²) in [7, 11) is 0. The standard InChI is InChI=1S/C8H10N2O3/c1-2-13-7-5-3-4-6(8(7)9)10(11)12/h3-5H,2,9H2,1H3. The number of ether oxygens (including phenoxy) is 1. The molecular weight excluding hydrogens is 172 g/mol. The van der Waals surface area contributed by atoms with E-state index in [-0.39, 0.29) is 11.4 Å². The van der Waals surface area contributed by atoms with Gasteiger partial charge in [0.2, 0.25) is 0 Å². The number of hydrogen-bond acceptors (Lipinski definition) is 4. The number of nitrogens with zero attached hydrogens (tertiary/aromatic N) is 1. The third kappa shape index (κ3) is 1.87. The SMILES string of the molecule is CCOc1cccc([N+](=O)[O-])c1N. The number of nitrogen functional groups attached to an aromatic ring is 1. The fraction of sp³-hybridized carbons (Fsp3) is 0.250. The maximum atomic E-state index is 10.4. The molecular formula is C8H10N2O3. The zero-order valence-electron chi connectivity index (χ0n) is 7.19. The number of hydrogen-bond donors (Lipinski definition) is 1. The molecule has 0 saturated heterocycles. The number of nitrogens with two attached hydrogens (primary N) is 1. The van der Waals surface area contributed by atoms with Crippen LogP contribution in [0.25, 0.3) is 0 Å². The predicted octanol–water partition coefficient (Wildman–Crippen LogP) is 1.58. The Labute approximate surface area is 75.3 Å². The van der Waals surface area contributed by atoms with Crippen LogP contribution in [-0.2, 0) is 0 Å². The molecule has 0 heterocycles. The first-order chi connectivity index (χ1) is 6.16.